The van der Waals surface area contributed by atoms with Gasteiger partial charge in [-0.05, 0) is 6.92 Å². The lowest BCUT2D eigenvalue weighted by Gasteiger charge is -2.10. The zero-order valence-electron chi connectivity index (χ0n) is 9.78. The minimum atomic E-state index is -2.60. The summed E-state index contributed by atoms with van der Waals surface area (Å²) in [5.41, 5.74) is 6.97. The monoisotopic (exact) mass is 271 g/mol. The Kier molecular flexibility index (Phi) is 3.90. The maximum atomic E-state index is 10.6. The molecule has 2 heterocycles. The van der Waals surface area contributed by atoms with Crippen molar-refractivity contribution in [1.29, 1.82) is 0 Å². The summed E-state index contributed by atoms with van der Waals surface area (Å²) in [5.74, 6) is 0.310. The Morgan fingerprint density at radius 3 is 3.11 bits per heavy atom. The molecule has 1 unspecified atom stereocenters. The highest BCUT2D eigenvalue weighted by molar-refractivity contribution is 7.37. The summed E-state index contributed by atoms with van der Waals surface area (Å²) in [7, 11) is -2.60. The van der Waals surface area contributed by atoms with E-state index in [2.05, 4.69) is 15.1 Å². The molecule has 9 heteroatoms. The zero-order valence-corrected chi connectivity index (χ0v) is 10.8. The molecule has 3 N–H and O–H groups in total. The third-order valence-electron chi connectivity index (χ3n) is 2.39. The maximum absolute atomic E-state index is 10.6. The molecule has 0 aliphatic heterocycles. The van der Waals surface area contributed by atoms with Gasteiger partial charge in [0.25, 0.3) is 0 Å². The summed E-state index contributed by atoms with van der Waals surface area (Å²) < 4.78 is 17.4. The number of hydrogen-bond acceptors (Lipinski definition) is 6. The van der Waals surface area contributed by atoms with Crippen molar-refractivity contribution < 1.29 is 14.2 Å². The van der Waals surface area contributed by atoms with Crippen molar-refractivity contribution in [3.05, 3.63) is 18.2 Å². The van der Waals surface area contributed by atoms with Gasteiger partial charge in [-0.25, -0.2) is 14.5 Å². The van der Waals surface area contributed by atoms with Crippen LogP contribution < -0.4 is 5.73 Å². The second-order valence-electron chi connectivity index (χ2n) is 3.85. The van der Waals surface area contributed by atoms with Gasteiger partial charge in [-0.15, -0.1) is 0 Å². The fourth-order valence-electron chi connectivity index (χ4n) is 1.59. The Hall–Kier alpha value is -1.50. The first kappa shape index (κ1) is 12.9. The molecule has 0 spiro atoms. The molecular weight excluding hydrogens is 257 g/mol. The second kappa shape index (κ2) is 5.43. The molecule has 98 valence electrons. The van der Waals surface area contributed by atoms with Crippen LogP contribution in [0.1, 0.15) is 12.6 Å². The van der Waals surface area contributed by atoms with E-state index in [1.165, 1.54) is 6.33 Å². The van der Waals surface area contributed by atoms with Crippen LogP contribution in [-0.2, 0) is 15.7 Å². The number of hydrogen-bond donors (Lipinski definition) is 2. The average molecular weight is 271 g/mol. The Bertz CT molecular complexity index is 572. The Labute approximate surface area is 104 Å². The van der Waals surface area contributed by atoms with Gasteiger partial charge in [-0.3, -0.25) is 4.57 Å². The number of aromatic nitrogens is 4. The SMILES string of the molecule is C[C@H](Cc1cnc2c(N)ncnn12)OC[PH](=O)O. The smallest absolute Gasteiger partial charge is 0.214 e. The van der Waals surface area contributed by atoms with Crippen molar-refractivity contribution in [2.24, 2.45) is 0 Å². The van der Waals surface area contributed by atoms with Gasteiger partial charge in [0.15, 0.2) is 11.5 Å². The molecule has 0 fully saturated rings. The fourth-order valence-corrected chi connectivity index (χ4v) is 2.02. The average Bonchev–Trinajstić information content (AvgIpc) is 2.72. The number of nitrogens with zero attached hydrogens (tertiary/aromatic N) is 4. The van der Waals surface area contributed by atoms with Gasteiger partial charge in [0, 0.05) is 6.42 Å². The Balaban J connectivity index is 2.12. The van der Waals surface area contributed by atoms with Crippen molar-refractivity contribution in [2.75, 3.05) is 12.1 Å². The summed E-state index contributed by atoms with van der Waals surface area (Å²) in [6, 6.07) is 0. The van der Waals surface area contributed by atoms with Crippen LogP contribution in [0.4, 0.5) is 5.82 Å². The molecule has 0 amide bonds. The van der Waals surface area contributed by atoms with E-state index in [-0.39, 0.29) is 12.5 Å². The zero-order chi connectivity index (χ0) is 13.1. The number of ether oxygens (including phenoxy) is 1. The van der Waals surface area contributed by atoms with Crippen molar-refractivity contribution in [1.82, 2.24) is 19.6 Å². The predicted molar refractivity (Wildman–Crippen MR) is 65.5 cm³/mol. The highest BCUT2D eigenvalue weighted by Gasteiger charge is 2.12. The molecule has 2 rings (SSSR count). The fraction of sp³-hybridized carbons (Fsp3) is 0.444. The molecule has 0 radical (unpaired) electrons. The first-order chi connectivity index (χ1) is 8.58. The summed E-state index contributed by atoms with van der Waals surface area (Å²) in [6.45, 7) is 1.81. The largest absolute Gasteiger partial charge is 0.381 e. The van der Waals surface area contributed by atoms with Crippen LogP contribution in [0, 0.1) is 0 Å². The third-order valence-corrected chi connectivity index (χ3v) is 2.80. The van der Waals surface area contributed by atoms with E-state index in [0.717, 1.165) is 5.69 Å². The molecule has 0 saturated heterocycles. The van der Waals surface area contributed by atoms with Crippen molar-refractivity contribution in [3.63, 3.8) is 0 Å². The van der Waals surface area contributed by atoms with E-state index >= 15 is 0 Å². The Morgan fingerprint density at radius 2 is 2.39 bits per heavy atom. The van der Waals surface area contributed by atoms with Crippen LogP contribution in [0.25, 0.3) is 5.65 Å². The third kappa shape index (κ3) is 2.84. The van der Waals surface area contributed by atoms with E-state index in [1.807, 2.05) is 6.92 Å². The first-order valence-corrected chi connectivity index (χ1v) is 6.90. The van der Waals surface area contributed by atoms with Crippen molar-refractivity contribution in [3.8, 4) is 0 Å². The van der Waals surface area contributed by atoms with Crippen LogP contribution in [0.5, 0.6) is 0 Å². The summed E-state index contributed by atoms with van der Waals surface area (Å²) in [4.78, 5) is 16.7. The normalized spacial score (nSPS) is 14.8. The van der Waals surface area contributed by atoms with Crippen LogP contribution in [0.3, 0.4) is 0 Å². The van der Waals surface area contributed by atoms with Crippen LogP contribution >= 0.6 is 8.03 Å². The van der Waals surface area contributed by atoms with Crippen molar-refractivity contribution in [2.45, 2.75) is 19.4 Å². The molecule has 2 aromatic rings. The molecular formula is C9H14N5O3P. The highest BCUT2D eigenvalue weighted by Crippen LogP contribution is 2.16. The molecule has 2 atom stereocenters. The number of rotatable bonds is 5. The van der Waals surface area contributed by atoms with E-state index in [0.29, 0.717) is 17.9 Å². The minimum absolute atomic E-state index is 0.139. The molecule has 8 nitrogen and oxygen atoms in total. The lowest BCUT2D eigenvalue weighted by atomic mass is 10.2. The van der Waals surface area contributed by atoms with E-state index < -0.39 is 8.03 Å². The standard InChI is InChI=1S/C9H14N5O3P/c1-6(17-5-18(15)16)2-7-3-11-9-8(10)12-4-13-14(7)9/h3-4,6,18H,2,5H2,1H3,(H,15,16)(H2,10,12,13)/t6-/m1/s1. The maximum Gasteiger partial charge on any atom is 0.214 e. The predicted octanol–water partition coefficient (Wildman–Crippen LogP) is 0.0786. The topological polar surface area (TPSA) is 116 Å². The van der Waals surface area contributed by atoms with Gasteiger partial charge < -0.3 is 15.4 Å². The van der Waals surface area contributed by atoms with E-state index in [9.17, 15) is 4.57 Å². The van der Waals surface area contributed by atoms with Crippen LogP contribution in [0.15, 0.2) is 12.5 Å². The number of imidazole rings is 1. The molecule has 0 aliphatic carbocycles. The number of nitrogens with two attached hydrogens (primary N) is 1. The lowest BCUT2D eigenvalue weighted by molar-refractivity contribution is 0.0968. The van der Waals surface area contributed by atoms with Gasteiger partial charge in [-0.1, -0.05) is 0 Å². The van der Waals surface area contributed by atoms with E-state index in [1.54, 1.807) is 10.7 Å². The summed E-state index contributed by atoms with van der Waals surface area (Å²) >= 11 is 0. The van der Waals surface area contributed by atoms with Crippen molar-refractivity contribution >= 4 is 19.5 Å². The van der Waals surface area contributed by atoms with Gasteiger partial charge in [0.05, 0.1) is 18.0 Å². The quantitative estimate of drug-likeness (QED) is 0.739. The molecule has 2 aromatic heterocycles. The summed E-state index contributed by atoms with van der Waals surface area (Å²) in [5, 5.41) is 4.05. The Morgan fingerprint density at radius 1 is 1.61 bits per heavy atom. The number of fused-ring (bicyclic) bond motifs is 1. The van der Waals surface area contributed by atoms with Gasteiger partial charge in [-0.2, -0.15) is 5.10 Å². The van der Waals surface area contributed by atoms with Crippen LogP contribution in [-0.4, -0.2) is 36.9 Å². The minimum Gasteiger partial charge on any atom is -0.381 e. The van der Waals surface area contributed by atoms with Gasteiger partial charge in [0.1, 0.15) is 12.7 Å². The van der Waals surface area contributed by atoms with Crippen LogP contribution in [0.2, 0.25) is 0 Å². The number of nitrogen functional groups attached to an aromatic ring is 1. The molecule has 0 bridgehead atoms. The molecule has 0 saturated carbocycles. The second-order valence-corrected chi connectivity index (χ2v) is 4.93. The summed E-state index contributed by atoms with van der Waals surface area (Å²) in [6.07, 6.45) is 3.17. The molecule has 18 heavy (non-hydrogen) atoms. The lowest BCUT2D eigenvalue weighted by Crippen LogP contribution is -2.13. The molecule has 0 aliphatic rings. The number of anilines is 1. The molecule has 0 aromatic carbocycles. The van der Waals surface area contributed by atoms with E-state index in [4.69, 9.17) is 15.4 Å². The van der Waals surface area contributed by atoms with Gasteiger partial charge >= 0.3 is 0 Å². The highest BCUT2D eigenvalue weighted by atomic mass is 31.1. The first-order valence-electron chi connectivity index (χ1n) is 5.34. The van der Waals surface area contributed by atoms with Gasteiger partial charge in [0.2, 0.25) is 8.03 Å².